The molecule has 0 spiro atoms. The Hall–Kier alpha value is -2.96. The van der Waals surface area contributed by atoms with E-state index in [4.69, 9.17) is 4.74 Å². The van der Waals surface area contributed by atoms with Gasteiger partial charge in [-0.05, 0) is 56.4 Å². The van der Waals surface area contributed by atoms with Gasteiger partial charge in [-0.15, -0.1) is 0 Å². The third-order valence-electron chi connectivity index (χ3n) is 5.40. The highest BCUT2D eigenvalue weighted by molar-refractivity contribution is 5.77. The molecule has 1 fully saturated rings. The lowest BCUT2D eigenvalue weighted by molar-refractivity contribution is -0.132. The molecule has 7 heteroatoms. The van der Waals surface area contributed by atoms with E-state index in [9.17, 15) is 4.79 Å². The summed E-state index contributed by atoms with van der Waals surface area (Å²) in [6.45, 7) is 4.62. The quantitative estimate of drug-likeness (QED) is 0.631. The lowest BCUT2D eigenvalue weighted by atomic mass is 10.1. The van der Waals surface area contributed by atoms with Crippen molar-refractivity contribution in [2.24, 2.45) is 0 Å². The molecule has 0 N–H and O–H groups in total. The van der Waals surface area contributed by atoms with E-state index in [2.05, 4.69) is 15.1 Å². The summed E-state index contributed by atoms with van der Waals surface area (Å²) in [7, 11) is 1.66. The second-order valence-corrected chi connectivity index (χ2v) is 7.33. The Morgan fingerprint density at radius 2 is 2.00 bits per heavy atom. The van der Waals surface area contributed by atoms with Crippen molar-refractivity contribution in [2.75, 3.05) is 7.11 Å². The van der Waals surface area contributed by atoms with Gasteiger partial charge in [-0.2, -0.15) is 10.1 Å². The summed E-state index contributed by atoms with van der Waals surface area (Å²) in [6.07, 6.45) is 4.81. The van der Waals surface area contributed by atoms with E-state index in [0.29, 0.717) is 31.2 Å². The van der Waals surface area contributed by atoms with E-state index in [-0.39, 0.29) is 5.91 Å². The molecule has 0 saturated heterocycles. The molecule has 2 heterocycles. The molecule has 1 aromatic carbocycles. The van der Waals surface area contributed by atoms with Crippen LogP contribution in [0.25, 0.3) is 5.78 Å². The van der Waals surface area contributed by atoms with Gasteiger partial charge in [-0.3, -0.25) is 4.79 Å². The molecular weight excluding hydrogens is 354 g/mol. The monoisotopic (exact) mass is 379 g/mol. The highest BCUT2D eigenvalue weighted by Gasteiger charge is 2.32. The second-order valence-electron chi connectivity index (χ2n) is 7.33. The van der Waals surface area contributed by atoms with Crippen LogP contribution < -0.4 is 4.74 Å². The van der Waals surface area contributed by atoms with Crippen molar-refractivity contribution in [3.63, 3.8) is 0 Å². The highest BCUT2D eigenvalue weighted by Crippen LogP contribution is 2.30. The molecule has 0 atom stereocenters. The molecule has 7 nitrogen and oxygen atoms in total. The molecule has 28 heavy (non-hydrogen) atoms. The van der Waals surface area contributed by atoms with Crippen LogP contribution in [0.5, 0.6) is 5.75 Å². The number of carbonyl (C=O) groups is 1. The first-order valence-electron chi connectivity index (χ1n) is 9.65. The van der Waals surface area contributed by atoms with Crippen LogP contribution in [0.3, 0.4) is 0 Å². The molecule has 0 bridgehead atoms. The number of rotatable bonds is 7. The van der Waals surface area contributed by atoms with Crippen LogP contribution in [-0.2, 0) is 17.8 Å². The number of nitrogens with zero attached hydrogens (tertiary/aromatic N) is 5. The number of aryl methyl sites for hydroxylation is 2. The summed E-state index contributed by atoms with van der Waals surface area (Å²) >= 11 is 0. The van der Waals surface area contributed by atoms with E-state index >= 15 is 0 Å². The van der Waals surface area contributed by atoms with Crippen molar-refractivity contribution >= 4 is 11.7 Å². The van der Waals surface area contributed by atoms with E-state index in [1.54, 1.807) is 11.6 Å². The standard InChI is InChI=1S/C21H25N5O2/c1-14-19(15(2)26-21(24-14)22-13-23-26)10-11-20(27)25(17-6-7-17)12-16-4-8-18(28-3)9-5-16/h4-5,8-9,13,17H,6-7,10-12H2,1-3H3. The molecule has 3 aromatic rings. The fraction of sp³-hybridized carbons (Fsp3) is 0.429. The normalized spacial score (nSPS) is 13.7. The molecule has 0 radical (unpaired) electrons. The Kier molecular flexibility index (Phi) is 4.98. The average Bonchev–Trinajstić information content (AvgIpc) is 3.43. The summed E-state index contributed by atoms with van der Waals surface area (Å²) in [5, 5.41) is 4.23. The van der Waals surface area contributed by atoms with Crippen LogP contribution in [-0.4, -0.2) is 43.5 Å². The SMILES string of the molecule is COc1ccc(CN(C(=O)CCc2c(C)nc3ncnn3c2C)C2CC2)cc1. The Labute approximate surface area is 164 Å². The summed E-state index contributed by atoms with van der Waals surface area (Å²) in [5.74, 6) is 1.62. The number of aromatic nitrogens is 4. The number of fused-ring (bicyclic) bond motifs is 1. The molecule has 0 unspecified atom stereocenters. The van der Waals surface area contributed by atoms with Crippen molar-refractivity contribution in [2.45, 2.75) is 52.1 Å². The van der Waals surface area contributed by atoms with Crippen LogP contribution in [0.15, 0.2) is 30.6 Å². The smallest absolute Gasteiger partial charge is 0.252 e. The number of methoxy groups -OCH3 is 1. The fourth-order valence-corrected chi connectivity index (χ4v) is 3.63. The summed E-state index contributed by atoms with van der Waals surface area (Å²) in [5.41, 5.74) is 4.12. The first-order valence-corrected chi connectivity index (χ1v) is 9.65. The molecule has 4 rings (SSSR count). The highest BCUT2D eigenvalue weighted by atomic mass is 16.5. The maximum Gasteiger partial charge on any atom is 0.252 e. The minimum atomic E-state index is 0.191. The van der Waals surface area contributed by atoms with Gasteiger partial charge >= 0.3 is 0 Å². The summed E-state index contributed by atoms with van der Waals surface area (Å²) < 4.78 is 6.96. The van der Waals surface area contributed by atoms with Crippen LogP contribution in [0.4, 0.5) is 0 Å². The lowest BCUT2D eigenvalue weighted by Gasteiger charge is -2.23. The Bertz CT molecular complexity index is 992. The van der Waals surface area contributed by atoms with E-state index in [0.717, 1.165) is 41.1 Å². The van der Waals surface area contributed by atoms with Crippen LogP contribution in [0.2, 0.25) is 0 Å². The fourth-order valence-electron chi connectivity index (χ4n) is 3.63. The van der Waals surface area contributed by atoms with Crippen molar-refractivity contribution in [3.8, 4) is 5.75 Å². The van der Waals surface area contributed by atoms with Gasteiger partial charge in [0.15, 0.2) is 0 Å². The van der Waals surface area contributed by atoms with Gasteiger partial charge in [0.2, 0.25) is 5.91 Å². The zero-order chi connectivity index (χ0) is 19.7. The first-order chi connectivity index (χ1) is 13.6. The van der Waals surface area contributed by atoms with E-state index < -0.39 is 0 Å². The number of hydrogen-bond acceptors (Lipinski definition) is 5. The van der Waals surface area contributed by atoms with E-state index in [1.165, 1.54) is 6.33 Å². The summed E-state index contributed by atoms with van der Waals surface area (Å²) in [4.78, 5) is 23.7. The predicted octanol–water partition coefficient (Wildman–Crippen LogP) is 2.87. The molecule has 146 valence electrons. The molecule has 1 saturated carbocycles. The number of ether oxygens (including phenoxy) is 1. The van der Waals surface area contributed by atoms with Gasteiger partial charge in [0.25, 0.3) is 5.78 Å². The zero-order valence-corrected chi connectivity index (χ0v) is 16.6. The van der Waals surface area contributed by atoms with E-state index in [1.807, 2.05) is 43.0 Å². The van der Waals surface area contributed by atoms with Crippen molar-refractivity contribution < 1.29 is 9.53 Å². The zero-order valence-electron chi connectivity index (χ0n) is 16.6. The first kappa shape index (κ1) is 18.4. The maximum absolute atomic E-state index is 13.0. The van der Waals surface area contributed by atoms with Crippen molar-refractivity contribution in [1.82, 2.24) is 24.5 Å². The molecule has 1 amide bonds. The van der Waals surface area contributed by atoms with Gasteiger partial charge in [0.1, 0.15) is 12.1 Å². The summed E-state index contributed by atoms with van der Waals surface area (Å²) in [6, 6.07) is 8.30. The van der Waals surface area contributed by atoms with Gasteiger partial charge in [0.05, 0.1) is 7.11 Å². The molecule has 0 aliphatic heterocycles. The largest absolute Gasteiger partial charge is 0.497 e. The third kappa shape index (κ3) is 3.69. The number of hydrogen-bond donors (Lipinski definition) is 0. The lowest BCUT2D eigenvalue weighted by Crippen LogP contribution is -2.32. The van der Waals surface area contributed by atoms with Crippen LogP contribution >= 0.6 is 0 Å². The molecule has 1 aliphatic rings. The van der Waals surface area contributed by atoms with Crippen molar-refractivity contribution in [3.05, 3.63) is 53.1 Å². The number of benzene rings is 1. The third-order valence-corrected chi connectivity index (χ3v) is 5.40. The average molecular weight is 379 g/mol. The van der Waals surface area contributed by atoms with Gasteiger partial charge < -0.3 is 9.64 Å². The van der Waals surface area contributed by atoms with Gasteiger partial charge in [-0.1, -0.05) is 12.1 Å². The van der Waals surface area contributed by atoms with Gasteiger partial charge in [0, 0.05) is 30.4 Å². The maximum atomic E-state index is 13.0. The topological polar surface area (TPSA) is 72.6 Å². The van der Waals surface area contributed by atoms with Crippen LogP contribution in [0, 0.1) is 13.8 Å². The second kappa shape index (κ2) is 7.58. The molecular formula is C21H25N5O2. The molecule has 1 aliphatic carbocycles. The van der Waals surface area contributed by atoms with Crippen molar-refractivity contribution in [1.29, 1.82) is 0 Å². The number of amides is 1. The Balaban J connectivity index is 1.46. The van der Waals surface area contributed by atoms with Crippen LogP contribution in [0.1, 0.15) is 41.8 Å². The molecule has 2 aromatic heterocycles. The minimum absolute atomic E-state index is 0.191. The Morgan fingerprint density at radius 1 is 1.25 bits per heavy atom. The van der Waals surface area contributed by atoms with Gasteiger partial charge in [-0.25, -0.2) is 9.50 Å². The minimum Gasteiger partial charge on any atom is -0.497 e. The number of carbonyl (C=O) groups excluding carboxylic acids is 1. The predicted molar refractivity (Wildman–Crippen MR) is 105 cm³/mol. The Morgan fingerprint density at radius 3 is 2.68 bits per heavy atom.